The highest BCUT2D eigenvalue weighted by Gasteiger charge is 2.17. The van der Waals surface area contributed by atoms with Gasteiger partial charge in [-0.05, 0) is 35.7 Å². The van der Waals surface area contributed by atoms with Crippen LogP contribution in [0.15, 0.2) is 67.0 Å². The largest absolute Gasteiger partial charge is 0.349 e. The lowest BCUT2D eigenvalue weighted by molar-refractivity contribution is 0.0942. The summed E-state index contributed by atoms with van der Waals surface area (Å²) in [7, 11) is 0. The molecule has 0 unspecified atom stereocenters. The fourth-order valence-corrected chi connectivity index (χ4v) is 4.28. The van der Waals surface area contributed by atoms with Crippen molar-refractivity contribution in [3.63, 3.8) is 0 Å². The zero-order chi connectivity index (χ0) is 21.4. The van der Waals surface area contributed by atoms with Gasteiger partial charge < -0.3 is 5.32 Å². The van der Waals surface area contributed by atoms with Crippen molar-refractivity contribution in [2.75, 3.05) is 6.54 Å². The minimum absolute atomic E-state index is 0.192. The van der Waals surface area contributed by atoms with E-state index in [1.807, 2.05) is 45.4 Å². The Kier molecular flexibility index (Phi) is 5.14. The van der Waals surface area contributed by atoms with Gasteiger partial charge in [0.25, 0.3) is 5.91 Å². The number of aromatic amines is 1. The zero-order valence-corrected chi connectivity index (χ0v) is 18.9. The van der Waals surface area contributed by atoms with Crippen molar-refractivity contribution in [2.24, 2.45) is 0 Å². The molecule has 0 bridgehead atoms. The van der Waals surface area contributed by atoms with Crippen molar-refractivity contribution in [3.8, 4) is 11.3 Å². The number of nitrogens with zero attached hydrogens (tertiary/aromatic N) is 4. The Morgan fingerprint density at radius 1 is 1.10 bits per heavy atom. The second-order valence-corrected chi connectivity index (χ2v) is 8.40. The number of carbonyl (C=O) groups excluding carboxylic acids is 1. The van der Waals surface area contributed by atoms with Gasteiger partial charge in [0, 0.05) is 29.9 Å². The standard InChI is InChI=1S/C23H19IN6O/c1-14(15-5-3-2-4-6-15)13-26-23(31)22-27-18-11-17-20(12-19(18)28-22)30(24)29-21(17)16-7-9-25-10-8-16/h2-12,14,29H,13H2,1H3,(H,26,31)/t14-/m1/s1. The summed E-state index contributed by atoms with van der Waals surface area (Å²) < 4.78 is 1.91. The van der Waals surface area contributed by atoms with E-state index in [1.165, 1.54) is 5.56 Å². The molecule has 1 amide bonds. The SMILES string of the molecule is C[C@H](CNC(=O)c1nc2cc3c(-c4ccncc4)[nH]n(I)c3cc2n1)c1ccccc1. The topological polar surface area (TPSA) is 88.5 Å². The molecule has 0 saturated carbocycles. The van der Waals surface area contributed by atoms with Crippen molar-refractivity contribution in [1.82, 2.24) is 28.3 Å². The summed E-state index contributed by atoms with van der Waals surface area (Å²) in [6.45, 7) is 2.61. The highest BCUT2D eigenvalue weighted by molar-refractivity contribution is 14.1. The summed E-state index contributed by atoms with van der Waals surface area (Å²) in [4.78, 5) is 25.7. The molecule has 0 aliphatic carbocycles. The molecule has 8 heteroatoms. The van der Waals surface area contributed by atoms with Crippen LogP contribution in [0.2, 0.25) is 0 Å². The van der Waals surface area contributed by atoms with Gasteiger partial charge in [0.2, 0.25) is 5.82 Å². The number of imidazole rings is 1. The van der Waals surface area contributed by atoms with Gasteiger partial charge >= 0.3 is 0 Å². The van der Waals surface area contributed by atoms with Crippen LogP contribution in [0.25, 0.3) is 33.2 Å². The lowest BCUT2D eigenvalue weighted by Gasteiger charge is -2.12. The second-order valence-electron chi connectivity index (χ2n) is 7.43. The number of H-pyrrole nitrogens is 1. The Bertz CT molecular complexity index is 1380. The minimum atomic E-state index is -0.262. The number of pyridine rings is 1. The van der Waals surface area contributed by atoms with Gasteiger partial charge in [-0.3, -0.25) is 14.9 Å². The maximum absolute atomic E-state index is 12.7. The molecular formula is C23H19IN6O. The Morgan fingerprint density at radius 3 is 2.55 bits per heavy atom. The third kappa shape index (κ3) is 3.78. The van der Waals surface area contributed by atoms with E-state index in [1.54, 1.807) is 12.4 Å². The molecule has 7 nitrogen and oxygen atoms in total. The number of fused-ring (bicyclic) bond motifs is 2. The van der Waals surface area contributed by atoms with E-state index in [2.05, 4.69) is 67.3 Å². The van der Waals surface area contributed by atoms with E-state index in [0.717, 1.165) is 22.2 Å². The summed E-state index contributed by atoms with van der Waals surface area (Å²) in [6.07, 6.45) is 3.53. The van der Waals surface area contributed by atoms with E-state index < -0.39 is 0 Å². The van der Waals surface area contributed by atoms with Gasteiger partial charge in [0.1, 0.15) is 0 Å². The Labute approximate surface area is 192 Å². The highest BCUT2D eigenvalue weighted by atomic mass is 127. The summed E-state index contributed by atoms with van der Waals surface area (Å²) >= 11 is 2.20. The molecule has 154 valence electrons. The third-order valence-electron chi connectivity index (χ3n) is 5.35. The predicted octanol–water partition coefficient (Wildman–Crippen LogP) is 4.71. The summed E-state index contributed by atoms with van der Waals surface area (Å²) in [5, 5.41) is 7.33. The van der Waals surface area contributed by atoms with Crippen LogP contribution in [-0.2, 0) is 0 Å². The first kappa shape index (κ1) is 19.7. The Balaban J connectivity index is 1.43. The van der Waals surface area contributed by atoms with Gasteiger partial charge in [0.05, 0.1) is 45.1 Å². The average Bonchev–Trinajstić information content (AvgIpc) is 3.37. The van der Waals surface area contributed by atoms with Crippen molar-refractivity contribution in [2.45, 2.75) is 12.8 Å². The second kappa shape index (κ2) is 8.10. The highest BCUT2D eigenvalue weighted by Crippen LogP contribution is 2.31. The van der Waals surface area contributed by atoms with E-state index in [9.17, 15) is 4.79 Å². The molecule has 0 fully saturated rings. The molecule has 5 rings (SSSR count). The molecule has 31 heavy (non-hydrogen) atoms. The van der Waals surface area contributed by atoms with Crippen molar-refractivity contribution in [3.05, 3.63) is 78.4 Å². The molecular weight excluding hydrogens is 503 g/mol. The van der Waals surface area contributed by atoms with Crippen molar-refractivity contribution in [1.29, 1.82) is 0 Å². The molecule has 2 aromatic carbocycles. The zero-order valence-electron chi connectivity index (χ0n) is 16.7. The molecule has 0 aliphatic heterocycles. The van der Waals surface area contributed by atoms with Crippen LogP contribution in [0.4, 0.5) is 0 Å². The molecule has 0 radical (unpaired) electrons. The number of aromatic nitrogens is 5. The molecule has 2 N–H and O–H groups in total. The number of rotatable bonds is 5. The van der Waals surface area contributed by atoms with Gasteiger partial charge in [-0.1, -0.05) is 37.3 Å². The number of carbonyl (C=O) groups is 1. The first-order valence-electron chi connectivity index (χ1n) is 9.92. The van der Waals surface area contributed by atoms with E-state index in [0.29, 0.717) is 17.6 Å². The monoisotopic (exact) mass is 522 g/mol. The third-order valence-corrected chi connectivity index (χ3v) is 6.11. The van der Waals surface area contributed by atoms with E-state index in [4.69, 9.17) is 0 Å². The predicted molar refractivity (Wildman–Crippen MR) is 129 cm³/mol. The summed E-state index contributed by atoms with van der Waals surface area (Å²) in [5.41, 5.74) is 5.55. The fourth-order valence-electron chi connectivity index (χ4n) is 3.64. The lowest BCUT2D eigenvalue weighted by atomic mass is 10.0. The number of hydrogen-bond donors (Lipinski definition) is 2. The molecule has 3 aromatic heterocycles. The molecule has 0 aliphatic rings. The summed E-state index contributed by atoms with van der Waals surface area (Å²) in [6, 6.07) is 17.9. The normalized spacial score (nSPS) is 12.3. The molecule has 0 saturated heterocycles. The van der Waals surface area contributed by atoms with Crippen LogP contribution < -0.4 is 5.32 Å². The molecule has 3 heterocycles. The van der Waals surface area contributed by atoms with Crippen LogP contribution >= 0.6 is 22.9 Å². The van der Waals surface area contributed by atoms with Crippen LogP contribution in [0.3, 0.4) is 0 Å². The summed E-state index contributed by atoms with van der Waals surface area (Å²) in [5.74, 6) is 0.133. The number of hydrogen-bond acceptors (Lipinski definition) is 4. The molecule has 0 spiro atoms. The van der Waals surface area contributed by atoms with Crippen molar-refractivity contribution >= 4 is 50.7 Å². The van der Waals surface area contributed by atoms with Gasteiger partial charge in [0.15, 0.2) is 0 Å². The van der Waals surface area contributed by atoms with Gasteiger partial charge in [-0.25, -0.2) is 12.9 Å². The number of amides is 1. The Hall–Kier alpha value is -3.27. The average molecular weight is 522 g/mol. The quantitative estimate of drug-likeness (QED) is 0.328. The van der Waals surface area contributed by atoms with Crippen LogP contribution in [-0.4, -0.2) is 35.4 Å². The van der Waals surface area contributed by atoms with Crippen molar-refractivity contribution < 1.29 is 4.79 Å². The van der Waals surface area contributed by atoms with Gasteiger partial charge in [-0.15, -0.1) is 0 Å². The lowest BCUT2D eigenvalue weighted by Crippen LogP contribution is -2.28. The van der Waals surface area contributed by atoms with E-state index >= 15 is 0 Å². The maximum Gasteiger partial charge on any atom is 0.289 e. The van der Waals surface area contributed by atoms with Crippen LogP contribution in [0, 0.1) is 0 Å². The fraction of sp³-hybridized carbons (Fsp3) is 0.130. The first-order valence-corrected chi connectivity index (χ1v) is 10.9. The van der Waals surface area contributed by atoms with Gasteiger partial charge in [-0.2, -0.15) is 0 Å². The Morgan fingerprint density at radius 2 is 1.81 bits per heavy atom. The molecule has 5 aromatic rings. The number of benzene rings is 2. The smallest absolute Gasteiger partial charge is 0.289 e. The first-order chi connectivity index (χ1) is 15.1. The number of nitrogens with one attached hydrogen (secondary N) is 2. The van der Waals surface area contributed by atoms with E-state index in [-0.39, 0.29) is 17.6 Å². The van der Waals surface area contributed by atoms with Crippen LogP contribution in [0.1, 0.15) is 29.0 Å². The maximum atomic E-state index is 12.7. The number of halogens is 1. The molecule has 1 atom stereocenters. The van der Waals surface area contributed by atoms with Crippen LogP contribution in [0.5, 0.6) is 0 Å². The minimum Gasteiger partial charge on any atom is -0.349 e.